The first-order valence-corrected chi connectivity index (χ1v) is 7.62. The standard InChI is InChI=1S/C9H12FN2O6PS/c10-6-3-12(9(20)11-8(6)13)7-2-1-5(18-7)4-17-19(14,15)16/h3,5,7,14-16H,1-2,4H2/p+1. The molecule has 20 heavy (non-hydrogen) atoms. The Morgan fingerprint density at radius 1 is 1.55 bits per heavy atom. The molecule has 0 aliphatic carbocycles. The van der Waals surface area contributed by atoms with E-state index in [1.54, 1.807) is 0 Å². The third-order valence-electron chi connectivity index (χ3n) is 2.75. The molecule has 0 radical (unpaired) electrons. The number of rotatable bonds is 4. The number of ether oxygens (including phenoxy) is 1. The van der Waals surface area contributed by atoms with Gasteiger partial charge < -0.3 is 4.74 Å². The summed E-state index contributed by atoms with van der Waals surface area (Å²) in [7, 11) is -4.30. The molecular formula is C9H13FN2O6PS+. The summed E-state index contributed by atoms with van der Waals surface area (Å²) in [5, 5.41) is 0. The fourth-order valence-electron chi connectivity index (χ4n) is 1.87. The molecule has 1 aromatic heterocycles. The maximum Gasteiger partial charge on any atom is 0.567 e. The number of halogens is 1. The van der Waals surface area contributed by atoms with Gasteiger partial charge in [-0.05, 0) is 25.1 Å². The Labute approximate surface area is 118 Å². The van der Waals surface area contributed by atoms with Gasteiger partial charge in [-0.3, -0.25) is 14.3 Å². The lowest BCUT2D eigenvalue weighted by atomic mass is 10.2. The summed E-state index contributed by atoms with van der Waals surface area (Å²) < 4.78 is 24.5. The zero-order valence-electron chi connectivity index (χ0n) is 10.1. The molecule has 8 nitrogen and oxygen atoms in total. The molecule has 4 N–H and O–H groups in total. The fraction of sp³-hybridized carbons (Fsp3) is 0.556. The number of hydrogen-bond donors (Lipinski definition) is 4. The number of aromatic nitrogens is 2. The Kier molecular flexibility index (Phi) is 4.65. The molecule has 0 spiro atoms. The van der Waals surface area contributed by atoms with Crippen molar-refractivity contribution in [2.45, 2.75) is 25.2 Å². The third kappa shape index (κ3) is 3.89. The van der Waals surface area contributed by atoms with Gasteiger partial charge in [-0.2, -0.15) is 23.6 Å². The van der Waals surface area contributed by atoms with Crippen molar-refractivity contribution in [1.82, 2.24) is 9.55 Å². The van der Waals surface area contributed by atoms with Crippen LogP contribution in [0.2, 0.25) is 0 Å². The first kappa shape index (κ1) is 15.6. The summed E-state index contributed by atoms with van der Waals surface area (Å²) >= 11 is 4.91. The van der Waals surface area contributed by atoms with Gasteiger partial charge in [0, 0.05) is 0 Å². The van der Waals surface area contributed by atoms with Crippen LogP contribution in [0.5, 0.6) is 0 Å². The summed E-state index contributed by atoms with van der Waals surface area (Å²) in [5.41, 5.74) is -0.903. The highest BCUT2D eigenvalue weighted by atomic mass is 32.1. The van der Waals surface area contributed by atoms with Crippen LogP contribution in [-0.4, -0.2) is 36.9 Å². The third-order valence-corrected chi connectivity index (χ3v) is 3.56. The van der Waals surface area contributed by atoms with Gasteiger partial charge in [0.1, 0.15) is 12.8 Å². The zero-order chi connectivity index (χ0) is 14.9. The number of nitrogens with one attached hydrogen (secondary N) is 1. The van der Waals surface area contributed by atoms with E-state index in [9.17, 15) is 9.18 Å². The van der Waals surface area contributed by atoms with Crippen molar-refractivity contribution in [1.29, 1.82) is 0 Å². The molecule has 0 amide bonds. The average molecular weight is 327 g/mol. The minimum atomic E-state index is -4.30. The van der Waals surface area contributed by atoms with Crippen LogP contribution < -0.4 is 5.56 Å². The molecule has 1 saturated heterocycles. The van der Waals surface area contributed by atoms with Crippen molar-refractivity contribution in [3.63, 3.8) is 0 Å². The van der Waals surface area contributed by atoms with Gasteiger partial charge in [-0.25, -0.2) is 0 Å². The summed E-state index contributed by atoms with van der Waals surface area (Å²) in [6.07, 6.45) is 0.833. The number of hydrogen-bond acceptors (Lipinski definition) is 7. The van der Waals surface area contributed by atoms with E-state index >= 15 is 0 Å². The van der Waals surface area contributed by atoms with Gasteiger partial charge in [0.25, 0.3) is 5.56 Å². The minimum absolute atomic E-state index is 0.0243. The van der Waals surface area contributed by atoms with Crippen LogP contribution >= 0.6 is 20.4 Å². The van der Waals surface area contributed by atoms with Crippen LogP contribution in [0.4, 0.5) is 4.39 Å². The fourth-order valence-corrected chi connectivity index (χ4v) is 2.50. The van der Waals surface area contributed by atoms with Gasteiger partial charge in [-0.15, -0.1) is 0 Å². The average Bonchev–Trinajstić information content (AvgIpc) is 2.79. The van der Waals surface area contributed by atoms with E-state index in [0.29, 0.717) is 12.8 Å². The van der Waals surface area contributed by atoms with E-state index < -0.39 is 31.9 Å². The second-order valence-corrected chi connectivity index (χ2v) is 5.91. The second kappa shape index (κ2) is 5.94. The van der Waals surface area contributed by atoms with Gasteiger partial charge in [-0.1, -0.05) is 0 Å². The first-order chi connectivity index (χ1) is 9.26. The maximum atomic E-state index is 13.2. The van der Waals surface area contributed by atoms with Crippen molar-refractivity contribution in [3.05, 3.63) is 27.1 Å². The molecule has 2 rings (SSSR count). The number of aromatic amines is 1. The molecule has 11 heteroatoms. The molecular weight excluding hydrogens is 314 g/mol. The molecule has 1 aliphatic rings. The van der Waals surface area contributed by atoms with Crippen LogP contribution in [0.1, 0.15) is 19.1 Å². The maximum absolute atomic E-state index is 13.2. The minimum Gasteiger partial charge on any atom is -0.352 e. The molecule has 2 atom stereocenters. The number of nitrogens with zero attached hydrogens (tertiary/aromatic N) is 1. The molecule has 0 aromatic carbocycles. The van der Waals surface area contributed by atoms with E-state index in [0.717, 1.165) is 6.20 Å². The normalized spacial score (nSPS) is 23.2. The quantitative estimate of drug-likeness (QED) is 0.467. The van der Waals surface area contributed by atoms with Crippen molar-refractivity contribution >= 4 is 20.4 Å². The molecule has 2 heterocycles. The molecule has 1 aromatic rings. The Morgan fingerprint density at radius 2 is 2.25 bits per heavy atom. The van der Waals surface area contributed by atoms with Crippen molar-refractivity contribution in [3.8, 4) is 0 Å². The lowest BCUT2D eigenvalue weighted by molar-refractivity contribution is -0.0267. The van der Waals surface area contributed by atoms with Crippen LogP contribution in [0.25, 0.3) is 0 Å². The molecule has 1 fully saturated rings. The summed E-state index contributed by atoms with van der Waals surface area (Å²) in [6, 6.07) is 0. The van der Waals surface area contributed by atoms with Crippen molar-refractivity contribution in [2.24, 2.45) is 0 Å². The second-order valence-electron chi connectivity index (χ2n) is 4.24. The van der Waals surface area contributed by atoms with E-state index in [1.165, 1.54) is 4.57 Å². The van der Waals surface area contributed by atoms with Gasteiger partial charge in [0.15, 0.2) is 4.77 Å². The Bertz CT molecular complexity index is 599. The van der Waals surface area contributed by atoms with E-state index in [2.05, 4.69) is 9.51 Å². The smallest absolute Gasteiger partial charge is 0.352 e. The van der Waals surface area contributed by atoms with Gasteiger partial charge in [0.2, 0.25) is 5.82 Å². The first-order valence-electron chi connectivity index (χ1n) is 5.64. The van der Waals surface area contributed by atoms with Gasteiger partial charge in [0.05, 0.1) is 12.3 Å². The predicted octanol–water partition coefficient (Wildman–Crippen LogP) is 0.394. The highest BCUT2D eigenvalue weighted by Crippen LogP contribution is 2.46. The van der Waals surface area contributed by atoms with E-state index in [4.69, 9.17) is 31.6 Å². The SMILES string of the molecule is O=c1[nH]c(=S)n(C2CCC(CO[P+](O)(O)O)O2)cc1F. The summed E-state index contributed by atoms with van der Waals surface area (Å²) in [4.78, 5) is 39.3. The largest absolute Gasteiger partial charge is 0.567 e. The lowest BCUT2D eigenvalue weighted by Crippen LogP contribution is -2.21. The van der Waals surface area contributed by atoms with Crippen LogP contribution in [0.15, 0.2) is 11.0 Å². The highest BCUT2D eigenvalue weighted by Gasteiger charge is 2.37. The van der Waals surface area contributed by atoms with Crippen LogP contribution in [-0.2, 0) is 9.26 Å². The highest BCUT2D eigenvalue weighted by molar-refractivity contribution is 7.71. The molecule has 0 bridgehead atoms. The Morgan fingerprint density at radius 3 is 2.90 bits per heavy atom. The molecule has 1 aliphatic heterocycles. The summed E-state index contributed by atoms with van der Waals surface area (Å²) in [6.45, 7) is -0.215. The zero-order valence-corrected chi connectivity index (χ0v) is 11.8. The molecule has 0 saturated carbocycles. The van der Waals surface area contributed by atoms with Gasteiger partial charge >= 0.3 is 8.17 Å². The van der Waals surface area contributed by atoms with E-state index in [1.807, 2.05) is 0 Å². The summed E-state index contributed by atoms with van der Waals surface area (Å²) in [5.74, 6) is -0.979. The van der Waals surface area contributed by atoms with Crippen LogP contribution in [0.3, 0.4) is 0 Å². The van der Waals surface area contributed by atoms with Crippen molar-refractivity contribution < 1.29 is 28.3 Å². The topological polar surface area (TPSA) is 117 Å². The lowest BCUT2D eigenvalue weighted by Gasteiger charge is -2.16. The van der Waals surface area contributed by atoms with Crippen molar-refractivity contribution in [2.75, 3.05) is 6.61 Å². The molecule has 112 valence electrons. The Hall–Kier alpha value is -0.740. The Balaban J connectivity index is 2.05. The number of H-pyrrole nitrogens is 1. The predicted molar refractivity (Wildman–Crippen MR) is 68.5 cm³/mol. The monoisotopic (exact) mass is 327 g/mol. The molecule has 2 unspecified atom stereocenters. The van der Waals surface area contributed by atoms with E-state index in [-0.39, 0.29) is 11.4 Å². The van der Waals surface area contributed by atoms with Crippen LogP contribution in [0, 0.1) is 10.6 Å².